The molecule has 8 heteroatoms. The maximum Gasteiger partial charge on any atom is 0.339 e. The predicted octanol–water partition coefficient (Wildman–Crippen LogP) is 3.68. The number of fused-ring (bicyclic) bond motifs is 1. The fourth-order valence-electron chi connectivity index (χ4n) is 2.54. The summed E-state index contributed by atoms with van der Waals surface area (Å²) < 4.78 is 18.3. The van der Waals surface area contributed by atoms with Crippen molar-refractivity contribution < 1.29 is 23.6 Å². The Morgan fingerprint density at radius 2 is 1.81 bits per heavy atom. The number of nitro benzene ring substituents is 1. The second kappa shape index (κ2) is 7.61. The van der Waals surface area contributed by atoms with Crippen molar-refractivity contribution in [2.24, 2.45) is 0 Å². The third-order valence-electron chi connectivity index (χ3n) is 3.77. The van der Waals surface area contributed by atoms with Crippen molar-refractivity contribution in [1.29, 1.82) is 0 Å². The molecule has 1 amide bonds. The van der Waals surface area contributed by atoms with E-state index in [9.17, 15) is 24.1 Å². The van der Waals surface area contributed by atoms with E-state index in [1.54, 1.807) is 24.3 Å². The zero-order chi connectivity index (χ0) is 19.4. The standard InChI is InChI=1S/C19H13FN2O5/c20-16-9-8-13(10-17(16)22(25)26)21-18(23)11-27-19(24)15-7-3-5-12-4-1-2-6-14(12)15/h1-10H,11H2,(H,21,23). The third kappa shape index (κ3) is 4.06. The summed E-state index contributed by atoms with van der Waals surface area (Å²) in [6.45, 7) is -0.590. The van der Waals surface area contributed by atoms with Crippen LogP contribution in [0.15, 0.2) is 60.7 Å². The van der Waals surface area contributed by atoms with Crippen molar-refractivity contribution in [3.63, 3.8) is 0 Å². The van der Waals surface area contributed by atoms with Crippen LogP contribution in [0.4, 0.5) is 15.8 Å². The van der Waals surface area contributed by atoms with Gasteiger partial charge in [-0.25, -0.2) is 4.79 Å². The van der Waals surface area contributed by atoms with Crippen LogP contribution in [-0.4, -0.2) is 23.4 Å². The Morgan fingerprint density at radius 3 is 2.59 bits per heavy atom. The van der Waals surface area contributed by atoms with E-state index in [2.05, 4.69) is 5.32 Å². The number of esters is 1. The van der Waals surface area contributed by atoms with Gasteiger partial charge in [0.05, 0.1) is 10.5 Å². The largest absolute Gasteiger partial charge is 0.452 e. The van der Waals surface area contributed by atoms with Gasteiger partial charge in [0.25, 0.3) is 5.91 Å². The summed E-state index contributed by atoms with van der Waals surface area (Å²) in [6.07, 6.45) is 0. The van der Waals surface area contributed by atoms with Gasteiger partial charge < -0.3 is 10.1 Å². The van der Waals surface area contributed by atoms with E-state index in [0.717, 1.165) is 17.5 Å². The van der Waals surface area contributed by atoms with Crippen LogP contribution in [0.25, 0.3) is 10.8 Å². The summed E-state index contributed by atoms with van der Waals surface area (Å²) in [4.78, 5) is 34.0. The Bertz CT molecular complexity index is 1050. The Hall–Kier alpha value is -3.81. The lowest BCUT2D eigenvalue weighted by molar-refractivity contribution is -0.387. The Morgan fingerprint density at radius 1 is 1.07 bits per heavy atom. The number of carbonyl (C=O) groups excluding carboxylic acids is 2. The first-order valence-corrected chi connectivity index (χ1v) is 7.84. The molecule has 27 heavy (non-hydrogen) atoms. The molecule has 0 spiro atoms. The fourth-order valence-corrected chi connectivity index (χ4v) is 2.54. The van der Waals surface area contributed by atoms with Gasteiger partial charge in [-0.2, -0.15) is 4.39 Å². The maximum atomic E-state index is 13.3. The van der Waals surface area contributed by atoms with E-state index in [1.165, 1.54) is 6.07 Å². The normalized spacial score (nSPS) is 10.4. The molecule has 0 aliphatic heterocycles. The number of amides is 1. The van der Waals surface area contributed by atoms with E-state index in [-0.39, 0.29) is 5.69 Å². The number of halogens is 1. The highest BCUT2D eigenvalue weighted by Crippen LogP contribution is 2.22. The highest BCUT2D eigenvalue weighted by molar-refractivity contribution is 6.05. The van der Waals surface area contributed by atoms with Crippen molar-refractivity contribution in [3.8, 4) is 0 Å². The Balaban J connectivity index is 1.66. The van der Waals surface area contributed by atoms with Crippen LogP contribution >= 0.6 is 0 Å². The molecule has 0 aliphatic rings. The molecular weight excluding hydrogens is 355 g/mol. The minimum atomic E-state index is -1.01. The Kier molecular flexibility index (Phi) is 5.07. The third-order valence-corrected chi connectivity index (χ3v) is 3.77. The number of hydrogen-bond donors (Lipinski definition) is 1. The smallest absolute Gasteiger partial charge is 0.339 e. The zero-order valence-electron chi connectivity index (χ0n) is 13.8. The summed E-state index contributed by atoms with van der Waals surface area (Å²) >= 11 is 0. The number of hydrogen-bond acceptors (Lipinski definition) is 5. The van der Waals surface area contributed by atoms with Crippen molar-refractivity contribution in [2.45, 2.75) is 0 Å². The van der Waals surface area contributed by atoms with Gasteiger partial charge in [-0.1, -0.05) is 36.4 Å². The SMILES string of the molecule is O=C(COC(=O)c1cccc2ccccc12)Nc1ccc(F)c([N+](=O)[O-])c1. The summed E-state index contributed by atoms with van der Waals surface area (Å²) in [5.74, 6) is -2.39. The molecule has 3 rings (SSSR count). The van der Waals surface area contributed by atoms with Gasteiger partial charge in [-0.15, -0.1) is 0 Å². The fraction of sp³-hybridized carbons (Fsp3) is 0.0526. The number of anilines is 1. The van der Waals surface area contributed by atoms with Crippen molar-refractivity contribution in [1.82, 2.24) is 0 Å². The highest BCUT2D eigenvalue weighted by atomic mass is 19.1. The number of nitro groups is 1. The topological polar surface area (TPSA) is 98.5 Å². The van der Waals surface area contributed by atoms with Crippen molar-refractivity contribution in [3.05, 3.63) is 82.2 Å². The summed E-state index contributed by atoms with van der Waals surface area (Å²) in [6, 6.07) is 15.3. The second-order valence-electron chi connectivity index (χ2n) is 5.57. The lowest BCUT2D eigenvalue weighted by atomic mass is 10.1. The molecule has 0 saturated carbocycles. The van der Waals surface area contributed by atoms with E-state index in [1.807, 2.05) is 18.2 Å². The monoisotopic (exact) mass is 368 g/mol. The van der Waals surface area contributed by atoms with Crippen LogP contribution < -0.4 is 5.32 Å². The van der Waals surface area contributed by atoms with Gasteiger partial charge in [-0.3, -0.25) is 14.9 Å². The van der Waals surface area contributed by atoms with Crippen LogP contribution in [0.1, 0.15) is 10.4 Å². The Labute approximate surface area is 152 Å². The maximum absolute atomic E-state index is 13.3. The van der Waals surface area contributed by atoms with Gasteiger partial charge in [0.2, 0.25) is 5.82 Å². The second-order valence-corrected chi connectivity index (χ2v) is 5.57. The molecule has 0 aromatic heterocycles. The number of carbonyl (C=O) groups is 2. The van der Waals surface area contributed by atoms with Crippen LogP contribution in [0.5, 0.6) is 0 Å². The van der Waals surface area contributed by atoms with Crippen molar-refractivity contribution >= 4 is 34.0 Å². The molecule has 0 heterocycles. The van der Waals surface area contributed by atoms with Crippen LogP contribution in [0.2, 0.25) is 0 Å². The number of nitrogens with one attached hydrogen (secondary N) is 1. The minimum Gasteiger partial charge on any atom is -0.452 e. The molecule has 0 radical (unpaired) electrons. The van der Waals surface area contributed by atoms with Gasteiger partial charge in [0.1, 0.15) is 0 Å². The average Bonchev–Trinajstić information content (AvgIpc) is 2.67. The van der Waals surface area contributed by atoms with Gasteiger partial charge in [0, 0.05) is 11.8 Å². The lowest BCUT2D eigenvalue weighted by Crippen LogP contribution is -2.21. The molecule has 3 aromatic rings. The van der Waals surface area contributed by atoms with E-state index in [4.69, 9.17) is 4.74 Å². The predicted molar refractivity (Wildman–Crippen MR) is 95.9 cm³/mol. The highest BCUT2D eigenvalue weighted by Gasteiger charge is 2.17. The molecule has 136 valence electrons. The zero-order valence-corrected chi connectivity index (χ0v) is 13.8. The molecule has 0 atom stereocenters. The molecule has 3 aromatic carbocycles. The number of rotatable bonds is 5. The first-order valence-electron chi connectivity index (χ1n) is 7.84. The van der Waals surface area contributed by atoms with Crippen LogP contribution in [0.3, 0.4) is 0 Å². The summed E-state index contributed by atoms with van der Waals surface area (Å²) in [5, 5.41) is 14.6. The first-order chi connectivity index (χ1) is 13.0. The average molecular weight is 368 g/mol. The minimum absolute atomic E-state index is 0.0225. The lowest BCUT2D eigenvalue weighted by Gasteiger charge is -2.08. The molecule has 7 nitrogen and oxygen atoms in total. The molecule has 0 aliphatic carbocycles. The number of benzene rings is 3. The van der Waals surface area contributed by atoms with E-state index < -0.39 is 34.9 Å². The van der Waals surface area contributed by atoms with E-state index in [0.29, 0.717) is 10.9 Å². The molecular formula is C19H13FN2O5. The molecule has 0 saturated heterocycles. The molecule has 0 fully saturated rings. The molecule has 0 unspecified atom stereocenters. The summed E-state index contributed by atoms with van der Waals surface area (Å²) in [5.41, 5.74) is -0.423. The summed E-state index contributed by atoms with van der Waals surface area (Å²) in [7, 11) is 0. The number of ether oxygens (including phenoxy) is 1. The first kappa shape index (κ1) is 18.0. The van der Waals surface area contributed by atoms with Crippen LogP contribution in [0, 0.1) is 15.9 Å². The quantitative estimate of drug-likeness (QED) is 0.421. The van der Waals surface area contributed by atoms with Crippen LogP contribution in [-0.2, 0) is 9.53 Å². The van der Waals surface area contributed by atoms with E-state index >= 15 is 0 Å². The molecule has 1 N–H and O–H groups in total. The number of nitrogens with zero attached hydrogens (tertiary/aromatic N) is 1. The van der Waals surface area contributed by atoms with Gasteiger partial charge >= 0.3 is 11.7 Å². The molecule has 0 bridgehead atoms. The van der Waals surface area contributed by atoms with Gasteiger partial charge in [-0.05, 0) is 29.0 Å². The van der Waals surface area contributed by atoms with Crippen molar-refractivity contribution in [2.75, 3.05) is 11.9 Å². The van der Waals surface area contributed by atoms with Gasteiger partial charge in [0.15, 0.2) is 6.61 Å².